The van der Waals surface area contributed by atoms with Crippen molar-refractivity contribution < 1.29 is 4.74 Å². The van der Waals surface area contributed by atoms with Gasteiger partial charge in [-0.25, -0.2) is 4.98 Å². The monoisotopic (exact) mass is 253 g/mol. The van der Waals surface area contributed by atoms with E-state index in [0.717, 1.165) is 42.3 Å². The van der Waals surface area contributed by atoms with Crippen LogP contribution in [0.2, 0.25) is 0 Å². The number of aromatic amines is 1. The van der Waals surface area contributed by atoms with Crippen molar-refractivity contribution in [3.8, 4) is 23.1 Å². The number of ether oxygens (including phenoxy) is 1. The third-order valence-corrected chi connectivity index (χ3v) is 3.32. The SMILES string of the molecule is N#CCCc1ncc(-c2ccc3c(c2)CCCO3)[nH]1. The van der Waals surface area contributed by atoms with E-state index in [1.165, 1.54) is 5.56 Å². The van der Waals surface area contributed by atoms with Crippen LogP contribution in [-0.4, -0.2) is 16.6 Å². The summed E-state index contributed by atoms with van der Waals surface area (Å²) in [7, 11) is 0. The number of imidazole rings is 1. The van der Waals surface area contributed by atoms with E-state index in [4.69, 9.17) is 10.00 Å². The maximum absolute atomic E-state index is 8.58. The zero-order valence-corrected chi connectivity index (χ0v) is 10.6. The Bertz CT molecular complexity index is 625. The molecule has 4 nitrogen and oxygen atoms in total. The number of H-pyrrole nitrogens is 1. The highest BCUT2D eigenvalue weighted by atomic mass is 16.5. The first-order valence-electron chi connectivity index (χ1n) is 6.54. The number of rotatable bonds is 3. The number of hydrogen-bond acceptors (Lipinski definition) is 3. The molecule has 0 saturated heterocycles. The Labute approximate surface area is 112 Å². The van der Waals surface area contributed by atoms with Crippen LogP contribution < -0.4 is 4.74 Å². The summed E-state index contributed by atoms with van der Waals surface area (Å²) < 4.78 is 5.61. The molecule has 0 bridgehead atoms. The van der Waals surface area contributed by atoms with E-state index in [1.807, 2.05) is 18.3 Å². The van der Waals surface area contributed by atoms with Crippen molar-refractivity contribution in [2.75, 3.05) is 6.61 Å². The van der Waals surface area contributed by atoms with Gasteiger partial charge >= 0.3 is 0 Å². The number of nitrogens with zero attached hydrogens (tertiary/aromatic N) is 2. The van der Waals surface area contributed by atoms with E-state index in [2.05, 4.69) is 22.1 Å². The van der Waals surface area contributed by atoms with Gasteiger partial charge in [-0.15, -0.1) is 0 Å². The topological polar surface area (TPSA) is 61.7 Å². The highest BCUT2D eigenvalue weighted by Crippen LogP contribution is 2.29. The molecular weight excluding hydrogens is 238 g/mol. The molecule has 2 heterocycles. The number of benzene rings is 1. The second-order valence-electron chi connectivity index (χ2n) is 4.68. The molecule has 96 valence electrons. The van der Waals surface area contributed by atoms with E-state index in [9.17, 15) is 0 Å². The van der Waals surface area contributed by atoms with Gasteiger partial charge in [0.05, 0.1) is 24.6 Å². The molecule has 3 rings (SSSR count). The molecular formula is C15H15N3O. The Kier molecular flexibility index (Phi) is 3.20. The smallest absolute Gasteiger partial charge is 0.122 e. The average molecular weight is 253 g/mol. The second-order valence-corrected chi connectivity index (χ2v) is 4.68. The molecule has 0 spiro atoms. The van der Waals surface area contributed by atoms with Gasteiger partial charge in [0.1, 0.15) is 11.6 Å². The zero-order chi connectivity index (χ0) is 13.1. The normalized spacial score (nSPS) is 13.4. The summed E-state index contributed by atoms with van der Waals surface area (Å²) in [5.74, 6) is 1.87. The standard InChI is InChI=1S/C15H15N3O/c16-7-1-4-15-17-10-13(18-15)11-5-6-14-12(9-11)3-2-8-19-14/h5-6,9-10H,1-4,8H2,(H,17,18). The summed E-state index contributed by atoms with van der Waals surface area (Å²) in [6, 6.07) is 8.37. The van der Waals surface area contributed by atoms with Crippen LogP contribution >= 0.6 is 0 Å². The van der Waals surface area contributed by atoms with Crippen LogP contribution in [0.25, 0.3) is 11.3 Å². The van der Waals surface area contributed by atoms with E-state index in [-0.39, 0.29) is 0 Å². The van der Waals surface area contributed by atoms with Gasteiger partial charge in [0, 0.05) is 18.4 Å². The number of hydrogen-bond donors (Lipinski definition) is 1. The number of aromatic nitrogens is 2. The molecule has 0 aliphatic carbocycles. The summed E-state index contributed by atoms with van der Waals surface area (Å²) in [5.41, 5.74) is 3.39. The first kappa shape index (κ1) is 11.8. The minimum atomic E-state index is 0.491. The first-order chi connectivity index (χ1) is 9.36. The van der Waals surface area contributed by atoms with E-state index >= 15 is 0 Å². The summed E-state index contributed by atoms with van der Waals surface area (Å²) >= 11 is 0. The Hall–Kier alpha value is -2.28. The molecule has 1 N–H and O–H groups in total. The van der Waals surface area contributed by atoms with Gasteiger partial charge in [-0.05, 0) is 36.6 Å². The van der Waals surface area contributed by atoms with Crippen molar-refractivity contribution in [1.29, 1.82) is 5.26 Å². The predicted octanol–water partition coefficient (Wildman–Crippen LogP) is 2.86. The molecule has 0 fully saturated rings. The van der Waals surface area contributed by atoms with Crippen molar-refractivity contribution in [3.63, 3.8) is 0 Å². The predicted molar refractivity (Wildman–Crippen MR) is 71.8 cm³/mol. The van der Waals surface area contributed by atoms with Gasteiger partial charge in [0.15, 0.2) is 0 Å². The minimum Gasteiger partial charge on any atom is -0.493 e. The Morgan fingerprint density at radius 2 is 2.37 bits per heavy atom. The van der Waals surface area contributed by atoms with Crippen molar-refractivity contribution in [2.24, 2.45) is 0 Å². The van der Waals surface area contributed by atoms with Crippen LogP contribution in [0.1, 0.15) is 24.2 Å². The summed E-state index contributed by atoms with van der Waals surface area (Å²) in [5, 5.41) is 8.58. The van der Waals surface area contributed by atoms with Crippen LogP contribution in [0.3, 0.4) is 0 Å². The lowest BCUT2D eigenvalue weighted by atomic mass is 10.0. The quantitative estimate of drug-likeness (QED) is 0.914. The average Bonchev–Trinajstić information content (AvgIpc) is 2.93. The molecule has 4 heteroatoms. The van der Waals surface area contributed by atoms with Gasteiger partial charge in [-0.2, -0.15) is 5.26 Å². The van der Waals surface area contributed by atoms with Crippen LogP contribution in [0, 0.1) is 11.3 Å². The third kappa shape index (κ3) is 2.45. The lowest BCUT2D eigenvalue weighted by Gasteiger charge is -2.17. The molecule has 0 unspecified atom stereocenters. The molecule has 2 aromatic rings. The van der Waals surface area contributed by atoms with Crippen molar-refractivity contribution in [2.45, 2.75) is 25.7 Å². The first-order valence-corrected chi connectivity index (χ1v) is 6.54. The Balaban J connectivity index is 1.85. The molecule has 19 heavy (non-hydrogen) atoms. The van der Waals surface area contributed by atoms with E-state index < -0.39 is 0 Å². The fraction of sp³-hybridized carbons (Fsp3) is 0.333. The van der Waals surface area contributed by atoms with Gasteiger partial charge in [-0.3, -0.25) is 0 Å². The number of nitrogens with one attached hydrogen (secondary N) is 1. The summed E-state index contributed by atoms with van der Waals surface area (Å²) in [4.78, 5) is 7.57. The van der Waals surface area contributed by atoms with Crippen molar-refractivity contribution in [1.82, 2.24) is 9.97 Å². The summed E-state index contributed by atoms with van der Waals surface area (Å²) in [6.07, 6.45) is 5.14. The molecule has 1 aromatic carbocycles. The van der Waals surface area contributed by atoms with E-state index in [0.29, 0.717) is 12.8 Å². The van der Waals surface area contributed by atoms with Gasteiger partial charge in [0.2, 0.25) is 0 Å². The largest absolute Gasteiger partial charge is 0.493 e. The van der Waals surface area contributed by atoms with Crippen molar-refractivity contribution >= 4 is 0 Å². The Morgan fingerprint density at radius 3 is 3.26 bits per heavy atom. The Morgan fingerprint density at radius 1 is 1.42 bits per heavy atom. The number of fused-ring (bicyclic) bond motifs is 1. The zero-order valence-electron chi connectivity index (χ0n) is 10.6. The third-order valence-electron chi connectivity index (χ3n) is 3.32. The maximum Gasteiger partial charge on any atom is 0.122 e. The highest BCUT2D eigenvalue weighted by molar-refractivity contribution is 5.62. The second kappa shape index (κ2) is 5.15. The van der Waals surface area contributed by atoms with Crippen LogP contribution in [-0.2, 0) is 12.8 Å². The number of aryl methyl sites for hydroxylation is 2. The fourth-order valence-corrected chi connectivity index (χ4v) is 2.34. The highest BCUT2D eigenvalue weighted by Gasteiger charge is 2.12. The molecule has 1 aliphatic rings. The molecule has 1 aromatic heterocycles. The molecule has 0 amide bonds. The molecule has 0 saturated carbocycles. The molecule has 0 radical (unpaired) electrons. The minimum absolute atomic E-state index is 0.491. The van der Waals surface area contributed by atoms with Gasteiger partial charge in [0.25, 0.3) is 0 Å². The lowest BCUT2D eigenvalue weighted by molar-refractivity contribution is 0.288. The summed E-state index contributed by atoms with van der Waals surface area (Å²) in [6.45, 7) is 0.814. The van der Waals surface area contributed by atoms with Crippen molar-refractivity contribution in [3.05, 3.63) is 35.8 Å². The molecule has 1 aliphatic heterocycles. The van der Waals surface area contributed by atoms with Crippen LogP contribution in [0.4, 0.5) is 0 Å². The number of nitriles is 1. The lowest BCUT2D eigenvalue weighted by Crippen LogP contribution is -2.08. The molecule has 0 atom stereocenters. The van der Waals surface area contributed by atoms with Gasteiger partial charge < -0.3 is 9.72 Å². The van der Waals surface area contributed by atoms with E-state index in [1.54, 1.807) is 0 Å². The maximum atomic E-state index is 8.58. The fourth-order valence-electron chi connectivity index (χ4n) is 2.34. The van der Waals surface area contributed by atoms with Crippen LogP contribution in [0.5, 0.6) is 5.75 Å². The van der Waals surface area contributed by atoms with Gasteiger partial charge in [-0.1, -0.05) is 0 Å². The van der Waals surface area contributed by atoms with Crippen LogP contribution in [0.15, 0.2) is 24.4 Å².